The van der Waals surface area contributed by atoms with Gasteiger partial charge in [-0.2, -0.15) is 0 Å². The first-order chi connectivity index (χ1) is 10.8. The third-order valence-corrected chi connectivity index (χ3v) is 3.66. The maximum absolute atomic E-state index is 13.1. The van der Waals surface area contributed by atoms with E-state index in [9.17, 15) is 4.79 Å². The van der Waals surface area contributed by atoms with Crippen LogP contribution in [0.4, 0.5) is 0 Å². The first-order valence-corrected chi connectivity index (χ1v) is 8.02. The van der Waals surface area contributed by atoms with Gasteiger partial charge in [-0.1, -0.05) is 50.2 Å². The summed E-state index contributed by atoms with van der Waals surface area (Å²) in [4.78, 5) is 19.5. The number of pyridine rings is 1. The number of carbonyl (C=O) groups excluding carboxylic acids is 1. The van der Waals surface area contributed by atoms with Gasteiger partial charge in [0.05, 0.1) is 5.69 Å². The van der Waals surface area contributed by atoms with Crippen LogP contribution in [0.1, 0.15) is 43.9 Å². The van der Waals surface area contributed by atoms with Gasteiger partial charge < -0.3 is 4.90 Å². The summed E-state index contributed by atoms with van der Waals surface area (Å²) in [5.41, 5.74) is 1.82. The number of aromatic nitrogens is 1. The Hall–Kier alpha value is -2.16. The summed E-state index contributed by atoms with van der Waals surface area (Å²) >= 11 is 0. The predicted octanol–water partition coefficient (Wildman–Crippen LogP) is 3.86. The van der Waals surface area contributed by atoms with Crippen molar-refractivity contribution in [2.24, 2.45) is 0 Å². The van der Waals surface area contributed by atoms with Crippen molar-refractivity contribution in [2.75, 3.05) is 13.1 Å². The molecular formula is C19H24N2O. The Labute approximate surface area is 133 Å². The molecule has 1 aromatic heterocycles. The van der Waals surface area contributed by atoms with Gasteiger partial charge in [0.2, 0.25) is 5.91 Å². The molecule has 0 N–H and O–H groups in total. The van der Waals surface area contributed by atoms with E-state index in [-0.39, 0.29) is 11.8 Å². The molecule has 0 fully saturated rings. The van der Waals surface area contributed by atoms with E-state index in [4.69, 9.17) is 0 Å². The smallest absolute Gasteiger partial charge is 0.236 e. The SMILES string of the molecule is CCCN(CCC)C(=O)C(c1ccccc1)c1ccccn1. The zero-order valence-electron chi connectivity index (χ0n) is 13.4. The molecule has 0 saturated heterocycles. The molecule has 0 bridgehead atoms. The zero-order chi connectivity index (χ0) is 15.8. The molecule has 1 amide bonds. The Bertz CT molecular complexity index is 523. The van der Waals surface area contributed by atoms with E-state index in [1.165, 1.54) is 0 Å². The fraction of sp³-hybridized carbons (Fsp3) is 0.368. The fourth-order valence-corrected chi connectivity index (χ4v) is 2.69. The van der Waals surface area contributed by atoms with Crippen LogP contribution in [0.2, 0.25) is 0 Å². The van der Waals surface area contributed by atoms with E-state index < -0.39 is 0 Å². The summed E-state index contributed by atoms with van der Waals surface area (Å²) in [6.07, 6.45) is 3.69. The van der Waals surface area contributed by atoms with Gasteiger partial charge >= 0.3 is 0 Å². The summed E-state index contributed by atoms with van der Waals surface area (Å²) in [5, 5.41) is 0. The second kappa shape index (κ2) is 8.32. The van der Waals surface area contributed by atoms with Gasteiger partial charge in [0.15, 0.2) is 0 Å². The van der Waals surface area contributed by atoms with Gasteiger partial charge in [0.1, 0.15) is 5.92 Å². The van der Waals surface area contributed by atoms with Crippen molar-refractivity contribution in [1.82, 2.24) is 9.88 Å². The van der Waals surface area contributed by atoms with Crippen LogP contribution in [0, 0.1) is 0 Å². The summed E-state index contributed by atoms with van der Waals surface area (Å²) in [6.45, 7) is 5.80. The van der Waals surface area contributed by atoms with Crippen LogP contribution in [0.25, 0.3) is 0 Å². The molecule has 1 aromatic carbocycles. The molecule has 0 aliphatic heterocycles. The number of hydrogen-bond acceptors (Lipinski definition) is 2. The van der Waals surface area contributed by atoms with Crippen LogP contribution in [-0.4, -0.2) is 28.9 Å². The Balaban J connectivity index is 2.38. The monoisotopic (exact) mass is 296 g/mol. The summed E-state index contributed by atoms with van der Waals surface area (Å²) in [6, 6.07) is 15.7. The minimum atomic E-state index is -0.319. The third-order valence-electron chi connectivity index (χ3n) is 3.66. The first kappa shape index (κ1) is 16.2. The quantitative estimate of drug-likeness (QED) is 0.777. The van der Waals surface area contributed by atoms with Gasteiger partial charge in [0, 0.05) is 19.3 Å². The van der Waals surface area contributed by atoms with Crippen molar-refractivity contribution in [1.29, 1.82) is 0 Å². The van der Waals surface area contributed by atoms with Crippen LogP contribution >= 0.6 is 0 Å². The Kier molecular flexibility index (Phi) is 6.13. The van der Waals surface area contributed by atoms with Crippen molar-refractivity contribution in [2.45, 2.75) is 32.6 Å². The zero-order valence-corrected chi connectivity index (χ0v) is 13.4. The minimum absolute atomic E-state index is 0.147. The predicted molar refractivity (Wildman–Crippen MR) is 89.7 cm³/mol. The van der Waals surface area contributed by atoms with Gasteiger partial charge in [0.25, 0.3) is 0 Å². The molecule has 2 aromatic rings. The summed E-state index contributed by atoms with van der Waals surface area (Å²) < 4.78 is 0. The third kappa shape index (κ3) is 3.94. The van der Waals surface area contributed by atoms with Crippen molar-refractivity contribution < 1.29 is 4.79 Å². The minimum Gasteiger partial charge on any atom is -0.342 e. The number of rotatable bonds is 7. The van der Waals surface area contributed by atoms with E-state index in [1.54, 1.807) is 6.20 Å². The molecule has 0 radical (unpaired) electrons. The highest BCUT2D eigenvalue weighted by Crippen LogP contribution is 2.25. The molecule has 3 heteroatoms. The van der Waals surface area contributed by atoms with E-state index in [1.807, 2.05) is 53.4 Å². The largest absolute Gasteiger partial charge is 0.342 e. The lowest BCUT2D eigenvalue weighted by molar-refractivity contribution is -0.132. The second-order valence-electron chi connectivity index (χ2n) is 5.42. The molecule has 1 unspecified atom stereocenters. The number of hydrogen-bond donors (Lipinski definition) is 0. The van der Waals surface area contributed by atoms with Crippen molar-refractivity contribution in [3.05, 3.63) is 66.0 Å². The normalized spacial score (nSPS) is 11.9. The van der Waals surface area contributed by atoms with E-state index >= 15 is 0 Å². The topological polar surface area (TPSA) is 33.2 Å². The molecule has 0 aliphatic rings. The maximum atomic E-state index is 13.1. The number of carbonyl (C=O) groups is 1. The van der Waals surface area contributed by atoms with Crippen LogP contribution in [-0.2, 0) is 4.79 Å². The molecular weight excluding hydrogens is 272 g/mol. The van der Waals surface area contributed by atoms with Crippen molar-refractivity contribution in [3.8, 4) is 0 Å². The lowest BCUT2D eigenvalue weighted by Crippen LogP contribution is -2.37. The maximum Gasteiger partial charge on any atom is 0.236 e. The molecule has 116 valence electrons. The average molecular weight is 296 g/mol. The Morgan fingerprint density at radius 2 is 1.64 bits per heavy atom. The highest BCUT2D eigenvalue weighted by Gasteiger charge is 2.27. The number of nitrogens with zero attached hydrogens (tertiary/aromatic N) is 2. The number of benzene rings is 1. The van der Waals surface area contributed by atoms with Gasteiger partial charge in [-0.05, 0) is 30.5 Å². The molecule has 1 heterocycles. The van der Waals surface area contributed by atoms with Gasteiger partial charge in [-0.3, -0.25) is 9.78 Å². The molecule has 0 aliphatic carbocycles. The Morgan fingerprint density at radius 1 is 1.00 bits per heavy atom. The van der Waals surface area contributed by atoms with Crippen LogP contribution in [0.3, 0.4) is 0 Å². The highest BCUT2D eigenvalue weighted by atomic mass is 16.2. The summed E-state index contributed by atoms with van der Waals surface area (Å²) in [5.74, 6) is -0.172. The lowest BCUT2D eigenvalue weighted by Gasteiger charge is -2.27. The van der Waals surface area contributed by atoms with Crippen molar-refractivity contribution >= 4 is 5.91 Å². The van der Waals surface area contributed by atoms with E-state index in [0.717, 1.165) is 37.2 Å². The number of amides is 1. The summed E-state index contributed by atoms with van der Waals surface area (Å²) in [7, 11) is 0. The average Bonchev–Trinajstić information content (AvgIpc) is 2.57. The Morgan fingerprint density at radius 3 is 2.18 bits per heavy atom. The van der Waals surface area contributed by atoms with Crippen molar-refractivity contribution in [3.63, 3.8) is 0 Å². The second-order valence-corrected chi connectivity index (χ2v) is 5.42. The lowest BCUT2D eigenvalue weighted by atomic mass is 9.93. The van der Waals surface area contributed by atoms with E-state index in [2.05, 4.69) is 18.8 Å². The molecule has 3 nitrogen and oxygen atoms in total. The molecule has 22 heavy (non-hydrogen) atoms. The standard InChI is InChI=1S/C19H24N2O/c1-3-14-21(15-4-2)19(22)18(16-10-6-5-7-11-16)17-12-8-9-13-20-17/h5-13,18H,3-4,14-15H2,1-2H3. The first-order valence-electron chi connectivity index (χ1n) is 8.02. The van der Waals surface area contributed by atoms with Crippen LogP contribution < -0.4 is 0 Å². The van der Waals surface area contributed by atoms with Gasteiger partial charge in [-0.15, -0.1) is 0 Å². The fourth-order valence-electron chi connectivity index (χ4n) is 2.69. The van der Waals surface area contributed by atoms with E-state index in [0.29, 0.717) is 0 Å². The highest BCUT2D eigenvalue weighted by molar-refractivity contribution is 5.86. The van der Waals surface area contributed by atoms with Gasteiger partial charge in [-0.25, -0.2) is 0 Å². The van der Waals surface area contributed by atoms with Crippen LogP contribution in [0.15, 0.2) is 54.7 Å². The molecule has 0 saturated carbocycles. The molecule has 2 rings (SSSR count). The molecule has 1 atom stereocenters. The molecule has 0 spiro atoms. The van der Waals surface area contributed by atoms with Crippen LogP contribution in [0.5, 0.6) is 0 Å².